The molecule has 2 heteroatoms. The molecule has 1 N–H and O–H groups in total. The van der Waals surface area contributed by atoms with Crippen LogP contribution in [0.1, 0.15) is 40.0 Å². The maximum atomic E-state index is 5.41. The van der Waals surface area contributed by atoms with E-state index in [2.05, 4.69) is 26.1 Å². The summed E-state index contributed by atoms with van der Waals surface area (Å²) in [5.41, 5.74) is 0. The molecule has 1 aliphatic rings. The number of hydrogen-bond acceptors (Lipinski definition) is 2. The van der Waals surface area contributed by atoms with Crippen molar-refractivity contribution in [2.45, 2.75) is 40.0 Å². The quantitative estimate of drug-likeness (QED) is 0.685. The van der Waals surface area contributed by atoms with Crippen molar-refractivity contribution < 1.29 is 4.74 Å². The third-order valence-corrected chi connectivity index (χ3v) is 3.80. The van der Waals surface area contributed by atoms with Gasteiger partial charge in [0.1, 0.15) is 0 Å². The topological polar surface area (TPSA) is 21.3 Å². The first-order valence-corrected chi connectivity index (χ1v) is 6.54. The Morgan fingerprint density at radius 2 is 1.93 bits per heavy atom. The highest BCUT2D eigenvalue weighted by molar-refractivity contribution is 4.74. The van der Waals surface area contributed by atoms with Crippen LogP contribution in [0.5, 0.6) is 0 Å². The molecule has 0 bridgehead atoms. The summed E-state index contributed by atoms with van der Waals surface area (Å²) in [6.45, 7) is 11.3. The van der Waals surface area contributed by atoms with E-state index >= 15 is 0 Å². The van der Waals surface area contributed by atoms with Crippen LogP contribution in [0.25, 0.3) is 0 Å². The molecular formula is C13H27NO. The van der Waals surface area contributed by atoms with Gasteiger partial charge in [-0.25, -0.2) is 0 Å². The van der Waals surface area contributed by atoms with E-state index in [0.717, 1.165) is 37.5 Å². The van der Waals surface area contributed by atoms with E-state index in [1.165, 1.54) is 25.8 Å². The van der Waals surface area contributed by atoms with Gasteiger partial charge in [-0.1, -0.05) is 20.8 Å². The van der Waals surface area contributed by atoms with Crippen LogP contribution < -0.4 is 5.32 Å². The van der Waals surface area contributed by atoms with E-state index in [-0.39, 0.29) is 0 Å². The summed E-state index contributed by atoms with van der Waals surface area (Å²) < 4.78 is 5.41. The molecule has 2 nitrogen and oxygen atoms in total. The van der Waals surface area contributed by atoms with E-state index < -0.39 is 0 Å². The Bertz CT molecular complexity index is 155. The molecule has 1 rings (SSSR count). The van der Waals surface area contributed by atoms with Gasteiger partial charge >= 0.3 is 0 Å². The predicted molar refractivity (Wildman–Crippen MR) is 65.0 cm³/mol. The second-order valence-electron chi connectivity index (χ2n) is 4.99. The molecule has 15 heavy (non-hydrogen) atoms. The zero-order valence-corrected chi connectivity index (χ0v) is 10.6. The van der Waals surface area contributed by atoms with Crippen LogP contribution in [0.3, 0.4) is 0 Å². The minimum Gasteiger partial charge on any atom is -0.381 e. The monoisotopic (exact) mass is 213 g/mol. The zero-order valence-electron chi connectivity index (χ0n) is 10.6. The summed E-state index contributed by atoms with van der Waals surface area (Å²) in [6.07, 6.45) is 3.76. The SMILES string of the molecule is CCCNCC(C)C(C)C1CCOCC1. The van der Waals surface area contributed by atoms with Crippen molar-refractivity contribution in [1.82, 2.24) is 5.32 Å². The summed E-state index contributed by atoms with van der Waals surface area (Å²) in [4.78, 5) is 0. The lowest BCUT2D eigenvalue weighted by atomic mass is 9.79. The van der Waals surface area contributed by atoms with Crippen LogP contribution in [0.15, 0.2) is 0 Å². The highest BCUT2D eigenvalue weighted by Gasteiger charge is 2.24. The normalized spacial score (nSPS) is 22.6. The summed E-state index contributed by atoms with van der Waals surface area (Å²) in [6, 6.07) is 0. The Kier molecular flexibility index (Phi) is 6.26. The highest BCUT2D eigenvalue weighted by Crippen LogP contribution is 2.28. The Morgan fingerprint density at radius 3 is 2.53 bits per heavy atom. The van der Waals surface area contributed by atoms with Crippen LogP contribution >= 0.6 is 0 Å². The first-order chi connectivity index (χ1) is 7.25. The predicted octanol–water partition coefficient (Wildman–Crippen LogP) is 2.68. The van der Waals surface area contributed by atoms with Crippen molar-refractivity contribution >= 4 is 0 Å². The second kappa shape index (κ2) is 7.24. The van der Waals surface area contributed by atoms with Crippen molar-refractivity contribution in [3.63, 3.8) is 0 Å². The van der Waals surface area contributed by atoms with E-state index in [1.54, 1.807) is 0 Å². The number of rotatable bonds is 6. The van der Waals surface area contributed by atoms with Crippen molar-refractivity contribution in [3.8, 4) is 0 Å². The standard InChI is InChI=1S/C13H27NO/c1-4-7-14-10-11(2)12(3)13-5-8-15-9-6-13/h11-14H,4-10H2,1-3H3. The highest BCUT2D eigenvalue weighted by atomic mass is 16.5. The van der Waals surface area contributed by atoms with Gasteiger partial charge in [0.05, 0.1) is 0 Å². The molecule has 1 fully saturated rings. The fourth-order valence-electron chi connectivity index (χ4n) is 2.40. The van der Waals surface area contributed by atoms with Gasteiger partial charge in [0, 0.05) is 13.2 Å². The third-order valence-electron chi connectivity index (χ3n) is 3.80. The summed E-state index contributed by atoms with van der Waals surface area (Å²) in [5, 5.41) is 3.52. The first kappa shape index (κ1) is 13.0. The Balaban J connectivity index is 2.21. The molecule has 2 unspecified atom stereocenters. The molecule has 0 saturated carbocycles. The summed E-state index contributed by atoms with van der Waals surface area (Å²) in [5.74, 6) is 2.51. The van der Waals surface area contributed by atoms with Crippen molar-refractivity contribution in [2.75, 3.05) is 26.3 Å². The Hall–Kier alpha value is -0.0800. The molecule has 1 aliphatic heterocycles. The number of ether oxygens (including phenoxy) is 1. The van der Waals surface area contributed by atoms with Gasteiger partial charge in [-0.05, 0) is 50.1 Å². The molecule has 0 aromatic carbocycles. The lowest BCUT2D eigenvalue weighted by molar-refractivity contribution is 0.0398. The van der Waals surface area contributed by atoms with E-state index in [4.69, 9.17) is 4.74 Å². The van der Waals surface area contributed by atoms with Gasteiger partial charge in [-0.3, -0.25) is 0 Å². The summed E-state index contributed by atoms with van der Waals surface area (Å²) >= 11 is 0. The minimum atomic E-state index is 0.791. The van der Waals surface area contributed by atoms with Crippen LogP contribution in [-0.4, -0.2) is 26.3 Å². The fourth-order valence-corrected chi connectivity index (χ4v) is 2.40. The van der Waals surface area contributed by atoms with Crippen molar-refractivity contribution in [2.24, 2.45) is 17.8 Å². The maximum Gasteiger partial charge on any atom is 0.0468 e. The van der Waals surface area contributed by atoms with E-state index in [0.29, 0.717) is 0 Å². The van der Waals surface area contributed by atoms with Crippen LogP contribution in [-0.2, 0) is 4.74 Å². The lowest BCUT2D eigenvalue weighted by Crippen LogP contribution is -2.31. The maximum absolute atomic E-state index is 5.41. The summed E-state index contributed by atoms with van der Waals surface area (Å²) in [7, 11) is 0. The van der Waals surface area contributed by atoms with Gasteiger partial charge in [0.15, 0.2) is 0 Å². The average Bonchev–Trinajstić information content (AvgIpc) is 2.29. The molecule has 2 atom stereocenters. The Labute approximate surface area is 94.8 Å². The second-order valence-corrected chi connectivity index (χ2v) is 4.99. The molecule has 0 aliphatic carbocycles. The number of nitrogens with one attached hydrogen (secondary N) is 1. The van der Waals surface area contributed by atoms with Crippen LogP contribution in [0.2, 0.25) is 0 Å². The molecule has 0 spiro atoms. The molecule has 90 valence electrons. The molecule has 0 radical (unpaired) electrons. The van der Waals surface area contributed by atoms with Crippen molar-refractivity contribution in [3.05, 3.63) is 0 Å². The van der Waals surface area contributed by atoms with Crippen LogP contribution in [0, 0.1) is 17.8 Å². The molecule has 0 aromatic heterocycles. The van der Waals surface area contributed by atoms with Gasteiger partial charge in [-0.15, -0.1) is 0 Å². The van der Waals surface area contributed by atoms with Gasteiger partial charge in [0.2, 0.25) is 0 Å². The molecule has 1 saturated heterocycles. The molecule has 1 heterocycles. The third kappa shape index (κ3) is 4.52. The fraction of sp³-hybridized carbons (Fsp3) is 1.00. The van der Waals surface area contributed by atoms with E-state index in [9.17, 15) is 0 Å². The number of hydrogen-bond donors (Lipinski definition) is 1. The lowest BCUT2D eigenvalue weighted by Gasteiger charge is -2.31. The molecular weight excluding hydrogens is 186 g/mol. The van der Waals surface area contributed by atoms with E-state index in [1.807, 2.05) is 0 Å². The first-order valence-electron chi connectivity index (χ1n) is 6.54. The molecule has 0 amide bonds. The largest absolute Gasteiger partial charge is 0.381 e. The smallest absolute Gasteiger partial charge is 0.0468 e. The van der Waals surface area contributed by atoms with Gasteiger partial charge in [-0.2, -0.15) is 0 Å². The Morgan fingerprint density at radius 1 is 1.27 bits per heavy atom. The zero-order chi connectivity index (χ0) is 11.1. The van der Waals surface area contributed by atoms with Gasteiger partial charge in [0.25, 0.3) is 0 Å². The van der Waals surface area contributed by atoms with Crippen molar-refractivity contribution in [1.29, 1.82) is 0 Å². The molecule has 0 aromatic rings. The van der Waals surface area contributed by atoms with Gasteiger partial charge < -0.3 is 10.1 Å². The minimum absolute atomic E-state index is 0.791. The van der Waals surface area contributed by atoms with Crippen LogP contribution in [0.4, 0.5) is 0 Å². The average molecular weight is 213 g/mol.